The second kappa shape index (κ2) is 6.76. The molecule has 0 saturated carbocycles. The molecule has 0 radical (unpaired) electrons. The first kappa shape index (κ1) is 15.6. The number of nitrogens with one attached hydrogen (secondary N) is 2. The van der Waals surface area contributed by atoms with Crippen molar-refractivity contribution in [3.8, 4) is 0 Å². The first-order valence-electron chi connectivity index (χ1n) is 6.95. The molecule has 1 aliphatic heterocycles. The lowest BCUT2D eigenvalue weighted by Crippen LogP contribution is -2.48. The number of pyridine rings is 1. The Balaban J connectivity index is 2.06. The van der Waals surface area contributed by atoms with Gasteiger partial charge in [-0.25, -0.2) is 4.98 Å². The Hall–Kier alpha value is -1.82. The van der Waals surface area contributed by atoms with Crippen molar-refractivity contribution in [1.82, 2.24) is 15.2 Å². The number of rotatable bonds is 4. The highest BCUT2D eigenvalue weighted by molar-refractivity contribution is 6.33. The molecule has 0 aromatic carbocycles. The number of hydrogen-bond donors (Lipinski definition) is 2. The van der Waals surface area contributed by atoms with Gasteiger partial charge in [-0.1, -0.05) is 11.6 Å². The molecule has 7 heteroatoms. The van der Waals surface area contributed by atoms with Gasteiger partial charge in [0.2, 0.25) is 5.91 Å². The molecule has 1 unspecified atom stereocenters. The summed E-state index contributed by atoms with van der Waals surface area (Å²) in [6.45, 7) is 3.18. The molecule has 0 aliphatic carbocycles. The number of carbonyl (C=O) groups excluding carboxylic acids is 2. The molecule has 21 heavy (non-hydrogen) atoms. The van der Waals surface area contributed by atoms with Crippen molar-refractivity contribution in [3.63, 3.8) is 0 Å². The molecule has 2 N–H and O–H groups in total. The summed E-state index contributed by atoms with van der Waals surface area (Å²) in [5.74, 6) is 0.481. The van der Waals surface area contributed by atoms with E-state index in [9.17, 15) is 9.59 Å². The molecule has 0 bridgehead atoms. The fraction of sp³-hybridized carbons (Fsp3) is 0.500. The zero-order valence-electron chi connectivity index (χ0n) is 12.1. The highest BCUT2D eigenvalue weighted by Crippen LogP contribution is 2.19. The Labute approximate surface area is 128 Å². The third-order valence-corrected chi connectivity index (χ3v) is 3.72. The van der Waals surface area contributed by atoms with Crippen LogP contribution >= 0.6 is 11.6 Å². The summed E-state index contributed by atoms with van der Waals surface area (Å²) in [7, 11) is 1.74. The molecule has 2 heterocycles. The Bertz CT molecular complexity index is 550. The minimum absolute atomic E-state index is 0.0491. The topological polar surface area (TPSA) is 74.3 Å². The van der Waals surface area contributed by atoms with Crippen LogP contribution in [0.2, 0.25) is 5.02 Å². The lowest BCUT2D eigenvalue weighted by molar-refractivity contribution is -0.132. The van der Waals surface area contributed by atoms with Gasteiger partial charge in [-0.3, -0.25) is 9.59 Å². The average molecular weight is 311 g/mol. The molecule has 0 spiro atoms. The van der Waals surface area contributed by atoms with Crippen LogP contribution in [0.5, 0.6) is 0 Å². The van der Waals surface area contributed by atoms with Gasteiger partial charge >= 0.3 is 0 Å². The number of amides is 2. The fourth-order valence-electron chi connectivity index (χ4n) is 2.28. The summed E-state index contributed by atoms with van der Waals surface area (Å²) in [5, 5.41) is 6.28. The maximum atomic E-state index is 12.3. The zero-order valence-corrected chi connectivity index (χ0v) is 12.9. The lowest BCUT2D eigenvalue weighted by Gasteiger charge is -2.30. The number of aromatic nitrogens is 1. The van der Waals surface area contributed by atoms with Gasteiger partial charge in [0.05, 0.1) is 10.6 Å². The molecular weight excluding hydrogens is 292 g/mol. The van der Waals surface area contributed by atoms with Crippen molar-refractivity contribution in [2.45, 2.75) is 25.8 Å². The van der Waals surface area contributed by atoms with Gasteiger partial charge in [0.25, 0.3) is 5.91 Å². The SMILES string of the molecule is CCNc1cc(C(=O)NC2CCC(=O)N(C)C2)c(Cl)cn1. The van der Waals surface area contributed by atoms with Crippen LogP contribution in [0, 0.1) is 0 Å². The molecule has 1 atom stereocenters. The van der Waals surface area contributed by atoms with Crippen LogP contribution in [0.25, 0.3) is 0 Å². The normalized spacial score (nSPS) is 18.5. The fourth-order valence-corrected chi connectivity index (χ4v) is 2.47. The molecule has 6 nitrogen and oxygen atoms in total. The van der Waals surface area contributed by atoms with Gasteiger partial charge in [-0.2, -0.15) is 0 Å². The first-order chi connectivity index (χ1) is 10.0. The predicted molar refractivity (Wildman–Crippen MR) is 81.5 cm³/mol. The van der Waals surface area contributed by atoms with Gasteiger partial charge < -0.3 is 15.5 Å². The van der Waals surface area contributed by atoms with Crippen LogP contribution in [-0.4, -0.2) is 47.9 Å². The standard InChI is InChI=1S/C14H19ClN4O2/c1-3-16-12-6-10(11(15)7-17-12)14(21)18-9-4-5-13(20)19(2)8-9/h6-7,9H,3-5,8H2,1-2H3,(H,16,17)(H,18,21). The minimum atomic E-state index is -0.241. The second-order valence-electron chi connectivity index (χ2n) is 5.06. The van der Waals surface area contributed by atoms with Crippen LogP contribution in [0.3, 0.4) is 0 Å². The Kier molecular flexibility index (Phi) is 5.01. The average Bonchev–Trinajstić information content (AvgIpc) is 2.45. The number of piperidine rings is 1. The minimum Gasteiger partial charge on any atom is -0.370 e. The van der Waals surface area contributed by atoms with Crippen molar-refractivity contribution >= 4 is 29.2 Å². The van der Waals surface area contributed by atoms with Gasteiger partial charge in [0, 0.05) is 38.8 Å². The van der Waals surface area contributed by atoms with Crippen molar-refractivity contribution in [2.24, 2.45) is 0 Å². The van der Waals surface area contributed by atoms with Crippen LogP contribution in [0.4, 0.5) is 5.82 Å². The van der Waals surface area contributed by atoms with Crippen molar-refractivity contribution in [2.75, 3.05) is 25.5 Å². The van der Waals surface area contributed by atoms with Crippen molar-refractivity contribution in [3.05, 3.63) is 22.8 Å². The molecule has 1 fully saturated rings. The first-order valence-corrected chi connectivity index (χ1v) is 7.33. The van der Waals surface area contributed by atoms with E-state index < -0.39 is 0 Å². The van der Waals surface area contributed by atoms with Gasteiger partial charge in [0.15, 0.2) is 0 Å². The lowest BCUT2D eigenvalue weighted by atomic mass is 10.1. The van der Waals surface area contributed by atoms with E-state index in [2.05, 4.69) is 15.6 Å². The molecule has 2 amide bonds. The summed E-state index contributed by atoms with van der Waals surface area (Å²) in [5.41, 5.74) is 0.391. The molecule has 1 aliphatic rings. The van der Waals surface area contributed by atoms with E-state index in [-0.39, 0.29) is 17.9 Å². The van der Waals surface area contributed by atoms with E-state index in [1.807, 2.05) is 6.92 Å². The van der Waals surface area contributed by atoms with Crippen molar-refractivity contribution in [1.29, 1.82) is 0 Å². The molecule has 1 aromatic rings. The monoisotopic (exact) mass is 310 g/mol. The maximum Gasteiger partial charge on any atom is 0.253 e. The van der Waals surface area contributed by atoms with Crippen LogP contribution in [0.15, 0.2) is 12.3 Å². The highest BCUT2D eigenvalue weighted by atomic mass is 35.5. The molecule has 2 rings (SSSR count). The van der Waals surface area contributed by atoms with E-state index in [0.29, 0.717) is 42.3 Å². The number of anilines is 1. The molecule has 114 valence electrons. The molecule has 1 aromatic heterocycles. The van der Waals surface area contributed by atoms with Gasteiger partial charge in [-0.05, 0) is 19.4 Å². The largest absolute Gasteiger partial charge is 0.370 e. The quantitative estimate of drug-likeness (QED) is 0.884. The number of halogens is 1. The molecule has 1 saturated heterocycles. The summed E-state index contributed by atoms with van der Waals surface area (Å²) in [6.07, 6.45) is 2.57. The Morgan fingerprint density at radius 3 is 3.00 bits per heavy atom. The van der Waals surface area contributed by atoms with Crippen LogP contribution < -0.4 is 10.6 Å². The van der Waals surface area contributed by atoms with E-state index in [0.717, 1.165) is 0 Å². The van der Waals surface area contributed by atoms with Crippen molar-refractivity contribution < 1.29 is 9.59 Å². The number of likely N-dealkylation sites (N-methyl/N-ethyl adjacent to an activating group) is 1. The van der Waals surface area contributed by atoms with Gasteiger partial charge in [0.1, 0.15) is 5.82 Å². The molecular formula is C14H19ClN4O2. The number of likely N-dealkylation sites (tertiary alicyclic amines) is 1. The van der Waals surface area contributed by atoms with Crippen LogP contribution in [-0.2, 0) is 4.79 Å². The summed E-state index contributed by atoms with van der Waals surface area (Å²) in [6, 6.07) is 1.59. The smallest absolute Gasteiger partial charge is 0.253 e. The van der Waals surface area contributed by atoms with Crippen LogP contribution in [0.1, 0.15) is 30.1 Å². The second-order valence-corrected chi connectivity index (χ2v) is 5.47. The van der Waals surface area contributed by atoms with E-state index in [1.165, 1.54) is 6.20 Å². The Morgan fingerprint density at radius 1 is 1.57 bits per heavy atom. The summed E-state index contributed by atoms with van der Waals surface area (Å²) >= 11 is 6.05. The summed E-state index contributed by atoms with van der Waals surface area (Å²) in [4.78, 5) is 29.5. The van der Waals surface area contributed by atoms with Gasteiger partial charge in [-0.15, -0.1) is 0 Å². The van der Waals surface area contributed by atoms with E-state index in [1.54, 1.807) is 18.0 Å². The zero-order chi connectivity index (χ0) is 15.4. The third kappa shape index (κ3) is 3.85. The predicted octanol–water partition coefficient (Wildman–Crippen LogP) is 1.52. The number of nitrogens with zero attached hydrogens (tertiary/aromatic N) is 2. The Morgan fingerprint density at radius 2 is 2.33 bits per heavy atom. The van der Waals surface area contributed by atoms with E-state index >= 15 is 0 Å². The number of hydrogen-bond acceptors (Lipinski definition) is 4. The third-order valence-electron chi connectivity index (χ3n) is 3.42. The highest BCUT2D eigenvalue weighted by Gasteiger charge is 2.25. The summed E-state index contributed by atoms with van der Waals surface area (Å²) < 4.78 is 0. The van der Waals surface area contributed by atoms with E-state index in [4.69, 9.17) is 11.6 Å². The number of carbonyl (C=O) groups is 2. The maximum absolute atomic E-state index is 12.3.